The van der Waals surface area contributed by atoms with E-state index in [0.717, 1.165) is 30.9 Å². The van der Waals surface area contributed by atoms with Crippen LogP contribution in [-0.4, -0.2) is 13.2 Å². The van der Waals surface area contributed by atoms with Crippen molar-refractivity contribution in [2.45, 2.75) is 51.7 Å². The highest BCUT2D eigenvalue weighted by atomic mass is 19.2. The molecule has 4 rings (SSSR count). The van der Waals surface area contributed by atoms with Gasteiger partial charge in [-0.15, -0.1) is 0 Å². The van der Waals surface area contributed by atoms with Gasteiger partial charge < -0.3 is 9.47 Å². The van der Waals surface area contributed by atoms with Crippen LogP contribution in [0.15, 0.2) is 30.3 Å². The predicted molar refractivity (Wildman–Crippen MR) is 120 cm³/mol. The first kappa shape index (κ1) is 25.8. The van der Waals surface area contributed by atoms with Crippen molar-refractivity contribution in [3.8, 4) is 0 Å². The summed E-state index contributed by atoms with van der Waals surface area (Å²) in [4.78, 5) is 0. The largest absolute Gasteiger partial charge is 0.348 e. The van der Waals surface area contributed by atoms with E-state index in [-0.39, 0.29) is 5.92 Å². The molecular weight excluding hydrogens is 470 g/mol. The maximum atomic E-state index is 14.7. The lowest BCUT2D eigenvalue weighted by atomic mass is 9.75. The van der Waals surface area contributed by atoms with Crippen LogP contribution in [0.2, 0.25) is 0 Å². The summed E-state index contributed by atoms with van der Waals surface area (Å²) in [6.45, 7) is 3.16. The van der Waals surface area contributed by atoms with Crippen molar-refractivity contribution in [2.24, 2.45) is 17.8 Å². The number of benzene rings is 2. The van der Waals surface area contributed by atoms with Gasteiger partial charge in [0.2, 0.25) is 0 Å². The molecule has 2 fully saturated rings. The quantitative estimate of drug-likeness (QED) is 0.227. The molecule has 2 nitrogen and oxygen atoms in total. The summed E-state index contributed by atoms with van der Waals surface area (Å²) in [5, 5.41) is 0. The Morgan fingerprint density at radius 2 is 1.43 bits per heavy atom. The Morgan fingerprint density at radius 1 is 0.800 bits per heavy atom. The second-order valence-corrected chi connectivity index (χ2v) is 9.45. The molecule has 0 unspecified atom stereocenters. The maximum Gasteiger partial charge on any atom is 0.194 e. The van der Waals surface area contributed by atoms with Gasteiger partial charge in [0.25, 0.3) is 0 Å². The monoisotopic (exact) mass is 498 g/mol. The van der Waals surface area contributed by atoms with E-state index in [1.54, 1.807) is 0 Å². The van der Waals surface area contributed by atoms with Crippen LogP contribution in [0.5, 0.6) is 0 Å². The van der Waals surface area contributed by atoms with Crippen LogP contribution in [0.4, 0.5) is 26.3 Å². The van der Waals surface area contributed by atoms with E-state index in [2.05, 4.69) is 6.92 Å². The van der Waals surface area contributed by atoms with E-state index in [9.17, 15) is 26.3 Å². The van der Waals surface area contributed by atoms with Crippen LogP contribution in [-0.2, 0) is 9.47 Å². The Morgan fingerprint density at radius 3 is 2.00 bits per heavy atom. The number of rotatable bonds is 6. The second kappa shape index (κ2) is 11.2. The lowest BCUT2D eigenvalue weighted by molar-refractivity contribution is -0.214. The summed E-state index contributed by atoms with van der Waals surface area (Å²) in [7, 11) is 0. The third kappa shape index (κ3) is 5.75. The smallest absolute Gasteiger partial charge is 0.194 e. The number of hydrogen-bond donors (Lipinski definition) is 0. The zero-order valence-corrected chi connectivity index (χ0v) is 19.4. The summed E-state index contributed by atoms with van der Waals surface area (Å²) in [6, 6.07) is 3.93. The molecule has 0 radical (unpaired) electrons. The molecule has 1 saturated heterocycles. The first-order chi connectivity index (χ1) is 16.8. The number of hydrogen-bond acceptors (Lipinski definition) is 2. The van der Waals surface area contributed by atoms with E-state index >= 15 is 0 Å². The van der Waals surface area contributed by atoms with Gasteiger partial charge in [-0.3, -0.25) is 0 Å². The maximum absolute atomic E-state index is 14.7. The zero-order valence-electron chi connectivity index (χ0n) is 19.4. The number of ether oxygens (including phenoxy) is 2. The minimum absolute atomic E-state index is 0.268. The van der Waals surface area contributed by atoms with Gasteiger partial charge in [-0.05, 0) is 48.9 Å². The van der Waals surface area contributed by atoms with Gasteiger partial charge >= 0.3 is 0 Å². The van der Waals surface area contributed by atoms with Crippen molar-refractivity contribution in [1.82, 2.24) is 0 Å². The molecule has 1 aliphatic carbocycles. The molecule has 0 atom stereocenters. The molecule has 2 aromatic carbocycles. The van der Waals surface area contributed by atoms with Crippen molar-refractivity contribution in [3.05, 3.63) is 70.3 Å². The van der Waals surface area contributed by atoms with Gasteiger partial charge in [0.15, 0.2) is 35.4 Å². The Labute approximate surface area is 200 Å². The van der Waals surface area contributed by atoms with Crippen molar-refractivity contribution in [3.63, 3.8) is 0 Å². The third-order valence-corrected chi connectivity index (χ3v) is 7.11. The molecule has 190 valence electrons. The normalized spacial score (nSPS) is 25.9. The molecule has 1 heterocycles. The fourth-order valence-electron chi connectivity index (χ4n) is 5.12. The summed E-state index contributed by atoms with van der Waals surface area (Å²) < 4.78 is 95.2. The number of halogens is 6. The van der Waals surface area contributed by atoms with Crippen molar-refractivity contribution in [1.29, 1.82) is 0 Å². The molecule has 0 spiro atoms. The molecule has 8 heteroatoms. The molecule has 2 aliphatic rings. The lowest BCUT2D eigenvalue weighted by Crippen LogP contribution is -2.34. The molecule has 2 aromatic rings. The van der Waals surface area contributed by atoms with Crippen LogP contribution in [0.3, 0.4) is 0 Å². The standard InChI is InChI=1S/C27H28F6O2/c1-2-3-15-4-6-16(7-5-15)19-13-34-27(35-14-19)17-8-9-20(21(28)10-17)25(32)24(31)18-11-22(29)26(33)23(30)12-18/h8-12,15-16,19,27H,2-7,13-14H2,1H3. The van der Waals surface area contributed by atoms with Crippen molar-refractivity contribution < 1.29 is 35.8 Å². The van der Waals surface area contributed by atoms with Gasteiger partial charge in [0.1, 0.15) is 5.82 Å². The lowest BCUT2D eigenvalue weighted by Gasteiger charge is -2.37. The highest BCUT2D eigenvalue weighted by Gasteiger charge is 2.32. The first-order valence-electron chi connectivity index (χ1n) is 12.0. The fourth-order valence-corrected chi connectivity index (χ4v) is 5.12. The predicted octanol–water partition coefficient (Wildman–Crippen LogP) is 8.28. The van der Waals surface area contributed by atoms with E-state index in [1.807, 2.05) is 0 Å². The highest BCUT2D eigenvalue weighted by molar-refractivity contribution is 5.83. The fraction of sp³-hybridized carbons (Fsp3) is 0.481. The van der Waals surface area contributed by atoms with Gasteiger partial charge in [0, 0.05) is 22.6 Å². The molecule has 0 aromatic heterocycles. The Kier molecular flexibility index (Phi) is 8.22. The minimum Gasteiger partial charge on any atom is -0.348 e. The van der Waals surface area contributed by atoms with Crippen LogP contribution < -0.4 is 0 Å². The zero-order chi connectivity index (χ0) is 25.1. The molecule has 1 aliphatic heterocycles. The SMILES string of the molecule is CCCC1CCC(C2COC(c3ccc(C(F)=C(F)c4cc(F)c(F)c(F)c4)c(F)c3)OC2)CC1. The van der Waals surface area contributed by atoms with Crippen LogP contribution >= 0.6 is 0 Å². The molecule has 35 heavy (non-hydrogen) atoms. The Hall–Kier alpha value is -2.32. The third-order valence-electron chi connectivity index (χ3n) is 7.11. The highest BCUT2D eigenvalue weighted by Crippen LogP contribution is 2.39. The van der Waals surface area contributed by atoms with Gasteiger partial charge in [-0.25, -0.2) is 26.3 Å². The molecule has 0 N–H and O–H groups in total. The van der Waals surface area contributed by atoms with Crippen molar-refractivity contribution >= 4 is 11.7 Å². The van der Waals surface area contributed by atoms with Gasteiger partial charge in [-0.1, -0.05) is 38.7 Å². The summed E-state index contributed by atoms with van der Waals surface area (Å²) in [5.41, 5.74) is -1.31. The average molecular weight is 499 g/mol. The van der Waals surface area contributed by atoms with Gasteiger partial charge in [0.05, 0.1) is 13.2 Å². The summed E-state index contributed by atoms with van der Waals surface area (Å²) in [6.07, 6.45) is 6.38. The molecule has 0 amide bonds. The van der Waals surface area contributed by atoms with Crippen molar-refractivity contribution in [2.75, 3.05) is 13.2 Å². The summed E-state index contributed by atoms with van der Waals surface area (Å²) >= 11 is 0. The van der Waals surface area contributed by atoms with E-state index in [1.165, 1.54) is 31.7 Å². The molecule has 0 bridgehead atoms. The average Bonchev–Trinajstić information content (AvgIpc) is 2.87. The van der Waals surface area contributed by atoms with E-state index in [4.69, 9.17) is 9.47 Å². The molecular formula is C27H28F6O2. The first-order valence-corrected chi connectivity index (χ1v) is 12.0. The topological polar surface area (TPSA) is 18.5 Å². The van der Waals surface area contributed by atoms with Gasteiger partial charge in [-0.2, -0.15) is 0 Å². The minimum atomic E-state index is -1.81. The second-order valence-electron chi connectivity index (χ2n) is 9.45. The van der Waals surface area contributed by atoms with Crippen LogP contribution in [0.25, 0.3) is 11.7 Å². The van der Waals surface area contributed by atoms with E-state index in [0.29, 0.717) is 36.8 Å². The van der Waals surface area contributed by atoms with E-state index < -0.39 is 52.3 Å². The summed E-state index contributed by atoms with van der Waals surface area (Å²) in [5.74, 6) is -8.04. The Bertz CT molecular complexity index is 1050. The Balaban J connectivity index is 1.41. The molecule has 1 saturated carbocycles. The van der Waals surface area contributed by atoms with Crippen LogP contribution in [0.1, 0.15) is 68.4 Å². The van der Waals surface area contributed by atoms with Crippen LogP contribution in [0, 0.1) is 41.0 Å².